The highest BCUT2D eigenvalue weighted by molar-refractivity contribution is 5.68. The molecule has 0 radical (unpaired) electrons. The zero-order chi connectivity index (χ0) is 12.9. The highest BCUT2D eigenvalue weighted by Crippen LogP contribution is 2.24. The van der Waals surface area contributed by atoms with Crippen molar-refractivity contribution in [2.24, 2.45) is 0 Å². The molecule has 1 aliphatic heterocycles. The summed E-state index contributed by atoms with van der Waals surface area (Å²) in [4.78, 5) is 15.4. The van der Waals surface area contributed by atoms with Crippen molar-refractivity contribution in [3.05, 3.63) is 0 Å². The Morgan fingerprint density at radius 1 is 1.35 bits per heavy atom. The van der Waals surface area contributed by atoms with Gasteiger partial charge in [-0.2, -0.15) is 0 Å². The topological polar surface area (TPSA) is 55.8 Å². The fourth-order valence-corrected chi connectivity index (χ4v) is 2.46. The molecule has 5 nitrogen and oxygen atoms in total. The van der Waals surface area contributed by atoms with E-state index in [0.717, 1.165) is 39.1 Å². The van der Waals surface area contributed by atoms with E-state index in [9.17, 15) is 4.79 Å². The van der Waals surface area contributed by atoms with Crippen LogP contribution in [-0.2, 0) is 4.79 Å². The SMILES string of the molecule is CCN(CCCN(C)C)C1(CC(=O)O)CNC1. The fourth-order valence-electron chi connectivity index (χ4n) is 2.46. The van der Waals surface area contributed by atoms with Crippen LogP contribution in [0.5, 0.6) is 0 Å². The Morgan fingerprint density at radius 2 is 2.00 bits per heavy atom. The Kier molecular flexibility index (Phi) is 5.36. The highest BCUT2D eigenvalue weighted by Gasteiger charge is 2.43. The van der Waals surface area contributed by atoms with Crippen molar-refractivity contribution in [3.8, 4) is 0 Å². The summed E-state index contributed by atoms with van der Waals surface area (Å²) in [6.07, 6.45) is 1.33. The number of likely N-dealkylation sites (N-methyl/N-ethyl adjacent to an activating group) is 1. The number of nitrogens with zero attached hydrogens (tertiary/aromatic N) is 2. The molecule has 1 saturated heterocycles. The summed E-state index contributed by atoms with van der Waals surface area (Å²) in [5, 5.41) is 12.2. The van der Waals surface area contributed by atoms with Gasteiger partial charge in [-0.1, -0.05) is 6.92 Å². The van der Waals surface area contributed by atoms with Crippen LogP contribution in [0.3, 0.4) is 0 Å². The standard InChI is InChI=1S/C12H25N3O2/c1-4-15(7-5-6-14(2)3)12(8-11(16)17)9-13-10-12/h13H,4-10H2,1-3H3,(H,16,17). The first-order valence-corrected chi connectivity index (χ1v) is 6.32. The van der Waals surface area contributed by atoms with Gasteiger partial charge in [0.05, 0.1) is 12.0 Å². The summed E-state index contributed by atoms with van der Waals surface area (Å²) in [6.45, 7) is 6.65. The minimum atomic E-state index is -0.697. The van der Waals surface area contributed by atoms with Crippen LogP contribution in [0.1, 0.15) is 19.8 Å². The van der Waals surface area contributed by atoms with Gasteiger partial charge in [-0.3, -0.25) is 9.69 Å². The summed E-state index contributed by atoms with van der Waals surface area (Å²) in [7, 11) is 4.13. The molecule has 100 valence electrons. The molecule has 0 aromatic rings. The van der Waals surface area contributed by atoms with Gasteiger partial charge in [-0.05, 0) is 33.6 Å². The molecule has 2 N–H and O–H groups in total. The Hall–Kier alpha value is -0.650. The number of carbonyl (C=O) groups is 1. The average Bonchev–Trinajstić information content (AvgIpc) is 2.18. The number of rotatable bonds is 8. The second-order valence-electron chi connectivity index (χ2n) is 5.13. The summed E-state index contributed by atoms with van der Waals surface area (Å²) in [5.41, 5.74) is -0.146. The molecule has 0 atom stereocenters. The maximum atomic E-state index is 10.9. The molecule has 5 heteroatoms. The molecule has 0 aromatic carbocycles. The molecule has 0 bridgehead atoms. The van der Waals surface area contributed by atoms with Crippen molar-refractivity contribution in [2.75, 3.05) is 46.8 Å². The molecule has 0 aliphatic carbocycles. The van der Waals surface area contributed by atoms with Gasteiger partial charge in [0.25, 0.3) is 0 Å². The van der Waals surface area contributed by atoms with Crippen molar-refractivity contribution in [2.45, 2.75) is 25.3 Å². The lowest BCUT2D eigenvalue weighted by Gasteiger charge is -2.50. The first-order chi connectivity index (χ1) is 8.00. The van der Waals surface area contributed by atoms with E-state index in [1.54, 1.807) is 0 Å². The quantitative estimate of drug-likeness (QED) is 0.632. The van der Waals surface area contributed by atoms with E-state index in [1.165, 1.54) is 0 Å². The molecule has 1 aliphatic rings. The fraction of sp³-hybridized carbons (Fsp3) is 0.917. The third kappa shape index (κ3) is 3.94. The lowest BCUT2D eigenvalue weighted by molar-refractivity contribution is -0.141. The third-order valence-corrected chi connectivity index (χ3v) is 3.47. The van der Waals surface area contributed by atoms with Gasteiger partial charge in [-0.25, -0.2) is 0 Å². The van der Waals surface area contributed by atoms with Crippen LogP contribution in [-0.4, -0.2) is 73.2 Å². The van der Waals surface area contributed by atoms with Crippen molar-refractivity contribution in [1.82, 2.24) is 15.1 Å². The van der Waals surface area contributed by atoms with Crippen molar-refractivity contribution in [3.63, 3.8) is 0 Å². The molecule has 0 spiro atoms. The van der Waals surface area contributed by atoms with Crippen LogP contribution >= 0.6 is 0 Å². The minimum absolute atomic E-state index is 0.146. The first-order valence-electron chi connectivity index (χ1n) is 6.32. The number of hydrogen-bond donors (Lipinski definition) is 2. The van der Waals surface area contributed by atoms with E-state index >= 15 is 0 Å². The molecular formula is C12H25N3O2. The molecule has 0 aromatic heterocycles. The molecule has 0 amide bonds. The van der Waals surface area contributed by atoms with E-state index in [1.807, 2.05) is 0 Å². The largest absolute Gasteiger partial charge is 0.481 e. The number of carboxylic acids is 1. The Balaban J connectivity index is 2.48. The lowest BCUT2D eigenvalue weighted by atomic mass is 9.86. The van der Waals surface area contributed by atoms with Gasteiger partial charge in [0, 0.05) is 19.6 Å². The van der Waals surface area contributed by atoms with E-state index < -0.39 is 5.97 Å². The highest BCUT2D eigenvalue weighted by atomic mass is 16.4. The van der Waals surface area contributed by atoms with Crippen molar-refractivity contribution in [1.29, 1.82) is 0 Å². The Bertz CT molecular complexity index is 252. The predicted octanol–water partition coefficient (Wildman–Crippen LogP) is 0.0767. The van der Waals surface area contributed by atoms with Gasteiger partial charge in [0.2, 0.25) is 0 Å². The minimum Gasteiger partial charge on any atom is -0.481 e. The van der Waals surface area contributed by atoms with E-state index in [0.29, 0.717) is 0 Å². The van der Waals surface area contributed by atoms with Crippen LogP contribution < -0.4 is 5.32 Å². The van der Waals surface area contributed by atoms with E-state index in [4.69, 9.17) is 5.11 Å². The zero-order valence-corrected chi connectivity index (χ0v) is 11.2. The Labute approximate surface area is 104 Å². The number of hydrogen-bond acceptors (Lipinski definition) is 4. The van der Waals surface area contributed by atoms with Crippen LogP contribution in [0, 0.1) is 0 Å². The van der Waals surface area contributed by atoms with Crippen LogP contribution in [0.15, 0.2) is 0 Å². The van der Waals surface area contributed by atoms with Crippen LogP contribution in [0.4, 0.5) is 0 Å². The van der Waals surface area contributed by atoms with Gasteiger partial charge in [0.15, 0.2) is 0 Å². The molecule has 1 heterocycles. The van der Waals surface area contributed by atoms with E-state index in [2.05, 4.69) is 36.1 Å². The molecule has 1 fully saturated rings. The molecule has 1 rings (SSSR count). The second kappa shape index (κ2) is 6.33. The van der Waals surface area contributed by atoms with Gasteiger partial charge >= 0.3 is 5.97 Å². The van der Waals surface area contributed by atoms with Crippen LogP contribution in [0.2, 0.25) is 0 Å². The average molecular weight is 243 g/mol. The number of carboxylic acid groups (broad SMARTS) is 1. The summed E-state index contributed by atoms with van der Waals surface area (Å²) >= 11 is 0. The Morgan fingerprint density at radius 3 is 2.35 bits per heavy atom. The molecule has 0 saturated carbocycles. The molecular weight excluding hydrogens is 218 g/mol. The van der Waals surface area contributed by atoms with E-state index in [-0.39, 0.29) is 12.0 Å². The second-order valence-corrected chi connectivity index (χ2v) is 5.13. The molecule has 17 heavy (non-hydrogen) atoms. The third-order valence-electron chi connectivity index (χ3n) is 3.47. The summed E-state index contributed by atoms with van der Waals surface area (Å²) in [5.74, 6) is -0.697. The maximum absolute atomic E-state index is 10.9. The number of aliphatic carboxylic acids is 1. The first kappa shape index (κ1) is 14.4. The monoisotopic (exact) mass is 243 g/mol. The van der Waals surface area contributed by atoms with Gasteiger partial charge < -0.3 is 15.3 Å². The maximum Gasteiger partial charge on any atom is 0.305 e. The summed E-state index contributed by atoms with van der Waals surface area (Å²) < 4.78 is 0. The van der Waals surface area contributed by atoms with Gasteiger partial charge in [-0.15, -0.1) is 0 Å². The smallest absolute Gasteiger partial charge is 0.305 e. The summed E-state index contributed by atoms with van der Waals surface area (Å²) in [6, 6.07) is 0. The molecule has 0 unspecified atom stereocenters. The normalized spacial score (nSPS) is 18.4. The predicted molar refractivity (Wildman–Crippen MR) is 68.3 cm³/mol. The lowest BCUT2D eigenvalue weighted by Crippen LogP contribution is -2.69. The van der Waals surface area contributed by atoms with Crippen molar-refractivity contribution < 1.29 is 9.90 Å². The van der Waals surface area contributed by atoms with Gasteiger partial charge in [0.1, 0.15) is 0 Å². The van der Waals surface area contributed by atoms with Crippen molar-refractivity contribution >= 4 is 5.97 Å². The number of nitrogens with one attached hydrogen (secondary N) is 1. The van der Waals surface area contributed by atoms with Crippen LogP contribution in [0.25, 0.3) is 0 Å². The zero-order valence-electron chi connectivity index (χ0n) is 11.2.